The lowest BCUT2D eigenvalue weighted by atomic mass is 10.0. The first-order chi connectivity index (χ1) is 9.23. The lowest BCUT2D eigenvalue weighted by Gasteiger charge is -2.18. The summed E-state index contributed by atoms with van der Waals surface area (Å²) in [6.45, 7) is 7.28. The molecule has 0 bridgehead atoms. The van der Waals surface area contributed by atoms with E-state index in [1.54, 1.807) is 26.0 Å². The van der Waals surface area contributed by atoms with Crippen LogP contribution >= 0.6 is 11.6 Å². The summed E-state index contributed by atoms with van der Waals surface area (Å²) < 4.78 is 0. The summed E-state index contributed by atoms with van der Waals surface area (Å²) in [6, 6.07) is 4.69. The third-order valence-corrected chi connectivity index (χ3v) is 3.71. The Balaban J connectivity index is 2.83. The van der Waals surface area contributed by atoms with Gasteiger partial charge in [0.15, 0.2) is 0 Å². The molecule has 0 aliphatic carbocycles. The van der Waals surface area contributed by atoms with Crippen molar-refractivity contribution in [3.63, 3.8) is 0 Å². The van der Waals surface area contributed by atoms with Crippen molar-refractivity contribution in [2.24, 2.45) is 5.92 Å². The second kappa shape index (κ2) is 6.75. The van der Waals surface area contributed by atoms with Gasteiger partial charge in [-0.1, -0.05) is 31.5 Å². The number of aliphatic carboxylic acids is 1. The molecule has 0 aliphatic rings. The van der Waals surface area contributed by atoms with Crippen LogP contribution in [0.1, 0.15) is 49.5 Å². The molecule has 2 atom stereocenters. The van der Waals surface area contributed by atoms with Crippen LogP contribution in [0.2, 0.25) is 5.02 Å². The molecule has 5 heteroatoms. The number of carbonyl (C=O) groups excluding carboxylic acids is 1. The molecular weight excluding hydrogens is 278 g/mol. The van der Waals surface area contributed by atoms with Crippen LogP contribution in [0.15, 0.2) is 18.2 Å². The van der Waals surface area contributed by atoms with Crippen LogP contribution in [0.5, 0.6) is 0 Å². The molecule has 1 rings (SSSR count). The molecule has 0 saturated heterocycles. The molecule has 2 N–H and O–H groups in total. The zero-order valence-electron chi connectivity index (χ0n) is 12.1. The smallest absolute Gasteiger partial charge is 0.308 e. The van der Waals surface area contributed by atoms with Crippen LogP contribution < -0.4 is 5.32 Å². The zero-order valence-corrected chi connectivity index (χ0v) is 12.9. The van der Waals surface area contributed by atoms with Gasteiger partial charge in [-0.15, -0.1) is 0 Å². The predicted octanol–water partition coefficient (Wildman–Crippen LogP) is 3.30. The lowest BCUT2D eigenvalue weighted by molar-refractivity contribution is -0.141. The predicted molar refractivity (Wildman–Crippen MR) is 79.3 cm³/mol. The first-order valence-corrected chi connectivity index (χ1v) is 6.95. The normalized spacial score (nSPS) is 13.9. The van der Waals surface area contributed by atoms with Gasteiger partial charge in [-0.05, 0) is 37.5 Å². The summed E-state index contributed by atoms with van der Waals surface area (Å²) in [5, 5.41) is 12.1. The molecule has 110 valence electrons. The number of amides is 1. The van der Waals surface area contributed by atoms with Gasteiger partial charge >= 0.3 is 5.97 Å². The molecule has 1 aromatic rings. The molecule has 2 unspecified atom stereocenters. The molecule has 0 aliphatic heterocycles. The zero-order chi connectivity index (χ0) is 15.4. The summed E-state index contributed by atoms with van der Waals surface area (Å²) >= 11 is 6.14. The Morgan fingerprint density at radius 1 is 1.20 bits per heavy atom. The first-order valence-electron chi connectivity index (χ1n) is 6.57. The molecule has 1 amide bonds. The Kier molecular flexibility index (Phi) is 5.57. The molecule has 4 nitrogen and oxygen atoms in total. The monoisotopic (exact) mass is 297 g/mol. The van der Waals surface area contributed by atoms with Crippen molar-refractivity contribution in [2.45, 2.75) is 39.7 Å². The quantitative estimate of drug-likeness (QED) is 0.876. The molecule has 0 aromatic heterocycles. The molecule has 1 aromatic carbocycles. The van der Waals surface area contributed by atoms with Crippen LogP contribution in [-0.4, -0.2) is 23.0 Å². The number of rotatable bonds is 5. The third-order valence-electron chi connectivity index (χ3n) is 3.38. The molecule has 0 saturated carbocycles. The number of carboxylic acid groups (broad SMARTS) is 1. The van der Waals surface area contributed by atoms with Crippen molar-refractivity contribution >= 4 is 23.5 Å². The maximum atomic E-state index is 12.1. The van der Waals surface area contributed by atoms with Gasteiger partial charge in [-0.2, -0.15) is 0 Å². The van der Waals surface area contributed by atoms with Gasteiger partial charge in [0.25, 0.3) is 5.91 Å². The number of carbonyl (C=O) groups is 2. The van der Waals surface area contributed by atoms with Gasteiger partial charge in [0, 0.05) is 16.6 Å². The summed E-state index contributed by atoms with van der Waals surface area (Å²) in [5.41, 5.74) is 1.42. The number of hydrogen-bond acceptors (Lipinski definition) is 2. The average Bonchev–Trinajstić information content (AvgIpc) is 2.36. The van der Waals surface area contributed by atoms with E-state index in [0.717, 1.165) is 5.56 Å². The van der Waals surface area contributed by atoms with Crippen LogP contribution in [-0.2, 0) is 4.79 Å². The third kappa shape index (κ3) is 3.97. The highest BCUT2D eigenvalue weighted by Crippen LogP contribution is 2.25. The lowest BCUT2D eigenvalue weighted by Crippen LogP contribution is -2.40. The van der Waals surface area contributed by atoms with Crippen molar-refractivity contribution in [3.05, 3.63) is 34.3 Å². The van der Waals surface area contributed by atoms with Crippen LogP contribution in [0.4, 0.5) is 0 Å². The SMILES string of the molecule is CC(C)c1ccc(C(=O)NC(C)C(C)C(=O)O)cc1Cl. The van der Waals surface area contributed by atoms with E-state index in [4.69, 9.17) is 16.7 Å². The van der Waals surface area contributed by atoms with E-state index in [0.29, 0.717) is 10.6 Å². The van der Waals surface area contributed by atoms with E-state index in [-0.39, 0.29) is 11.8 Å². The molecule has 0 spiro atoms. The minimum Gasteiger partial charge on any atom is -0.481 e. The fourth-order valence-corrected chi connectivity index (χ4v) is 2.16. The van der Waals surface area contributed by atoms with Gasteiger partial charge in [0.05, 0.1) is 5.92 Å². The van der Waals surface area contributed by atoms with E-state index in [9.17, 15) is 9.59 Å². The minimum absolute atomic E-state index is 0.283. The van der Waals surface area contributed by atoms with Gasteiger partial charge in [-0.3, -0.25) is 9.59 Å². The summed E-state index contributed by atoms with van der Waals surface area (Å²) in [5.74, 6) is -1.62. The Labute approximate surface area is 124 Å². The molecular formula is C15H20ClNO3. The highest BCUT2D eigenvalue weighted by molar-refractivity contribution is 6.31. The highest BCUT2D eigenvalue weighted by atomic mass is 35.5. The van der Waals surface area contributed by atoms with Crippen LogP contribution in [0.25, 0.3) is 0 Å². The maximum absolute atomic E-state index is 12.1. The van der Waals surface area contributed by atoms with Crippen molar-refractivity contribution in [3.8, 4) is 0 Å². The summed E-state index contributed by atoms with van der Waals surface area (Å²) in [7, 11) is 0. The van der Waals surface area contributed by atoms with Gasteiger partial charge < -0.3 is 10.4 Å². The fraction of sp³-hybridized carbons (Fsp3) is 0.467. The molecule has 20 heavy (non-hydrogen) atoms. The first kappa shape index (κ1) is 16.5. The molecule has 0 fully saturated rings. The number of halogens is 1. The number of carboxylic acids is 1. The fourth-order valence-electron chi connectivity index (χ4n) is 1.77. The van der Waals surface area contributed by atoms with Crippen LogP contribution in [0, 0.1) is 5.92 Å². The molecule has 0 heterocycles. The Morgan fingerprint density at radius 3 is 2.25 bits per heavy atom. The Morgan fingerprint density at radius 2 is 1.80 bits per heavy atom. The summed E-state index contributed by atoms with van der Waals surface area (Å²) in [6.07, 6.45) is 0. The topological polar surface area (TPSA) is 66.4 Å². The Bertz CT molecular complexity index is 514. The van der Waals surface area contributed by atoms with E-state index in [2.05, 4.69) is 5.32 Å². The van der Waals surface area contributed by atoms with E-state index >= 15 is 0 Å². The standard InChI is InChI=1S/C15H20ClNO3/c1-8(2)12-6-5-11(7-13(12)16)14(18)17-10(4)9(3)15(19)20/h5-10H,1-4H3,(H,17,18)(H,19,20). The minimum atomic E-state index is -0.939. The molecule has 0 radical (unpaired) electrons. The number of nitrogens with one attached hydrogen (secondary N) is 1. The van der Waals surface area contributed by atoms with Crippen molar-refractivity contribution in [1.82, 2.24) is 5.32 Å². The average molecular weight is 298 g/mol. The maximum Gasteiger partial charge on any atom is 0.308 e. The van der Waals surface area contributed by atoms with E-state index in [1.165, 1.54) is 0 Å². The van der Waals surface area contributed by atoms with Gasteiger partial charge in [0.2, 0.25) is 0 Å². The number of hydrogen-bond donors (Lipinski definition) is 2. The Hall–Kier alpha value is -1.55. The van der Waals surface area contributed by atoms with Crippen LogP contribution in [0.3, 0.4) is 0 Å². The summed E-state index contributed by atoms with van der Waals surface area (Å²) in [4.78, 5) is 22.9. The van der Waals surface area contributed by atoms with Crippen molar-refractivity contribution < 1.29 is 14.7 Å². The van der Waals surface area contributed by atoms with E-state index in [1.807, 2.05) is 19.9 Å². The second-order valence-electron chi connectivity index (χ2n) is 5.28. The van der Waals surface area contributed by atoms with Gasteiger partial charge in [0.1, 0.15) is 0 Å². The number of benzene rings is 1. The van der Waals surface area contributed by atoms with Crippen molar-refractivity contribution in [2.75, 3.05) is 0 Å². The highest BCUT2D eigenvalue weighted by Gasteiger charge is 2.21. The largest absolute Gasteiger partial charge is 0.481 e. The van der Waals surface area contributed by atoms with Crippen molar-refractivity contribution in [1.29, 1.82) is 0 Å². The van der Waals surface area contributed by atoms with E-state index < -0.39 is 17.9 Å². The van der Waals surface area contributed by atoms with Gasteiger partial charge in [-0.25, -0.2) is 0 Å². The second-order valence-corrected chi connectivity index (χ2v) is 5.69.